The number of sulfonamides is 1. The number of β-amino-alcohol motifs (C(OH)–C–C–N with tert-alkyl or cyclic N) is 1. The first-order valence-corrected chi connectivity index (χ1v) is 12.1. The smallest absolute Gasteiger partial charge is 0.336 e. The Morgan fingerprint density at radius 2 is 1.91 bits per heavy atom. The van der Waals surface area contributed by atoms with Crippen molar-refractivity contribution < 1.29 is 32.2 Å². The van der Waals surface area contributed by atoms with Crippen LogP contribution in [0, 0.1) is 13.8 Å². The SMILES string of the molecule is COc1ccc2c(COC(=O)C3CC(O)CN3S(=O)(=O)c3ccc(C)c(C)c3)cc(=O)oc2c1. The van der Waals surface area contributed by atoms with Crippen molar-refractivity contribution in [3.05, 3.63) is 69.6 Å². The molecule has 1 N–H and O–H groups in total. The highest BCUT2D eigenvalue weighted by molar-refractivity contribution is 7.89. The number of aliphatic hydroxyl groups excluding tert-OH is 1. The first-order chi connectivity index (χ1) is 16.1. The van der Waals surface area contributed by atoms with Crippen molar-refractivity contribution in [2.75, 3.05) is 13.7 Å². The van der Waals surface area contributed by atoms with Gasteiger partial charge in [0.25, 0.3) is 0 Å². The van der Waals surface area contributed by atoms with Gasteiger partial charge in [-0.05, 0) is 49.2 Å². The zero-order chi connectivity index (χ0) is 24.6. The molecular weight excluding hydrogens is 462 g/mol. The van der Waals surface area contributed by atoms with E-state index in [9.17, 15) is 23.1 Å². The van der Waals surface area contributed by atoms with Crippen molar-refractivity contribution in [3.63, 3.8) is 0 Å². The number of benzene rings is 2. The lowest BCUT2D eigenvalue weighted by atomic mass is 10.1. The summed E-state index contributed by atoms with van der Waals surface area (Å²) in [6.45, 7) is 3.19. The first kappa shape index (κ1) is 23.9. The summed E-state index contributed by atoms with van der Waals surface area (Å²) in [6.07, 6.45) is -1.09. The highest BCUT2D eigenvalue weighted by Gasteiger charge is 2.44. The fraction of sp³-hybridized carbons (Fsp3) is 0.333. The zero-order valence-corrected chi connectivity index (χ0v) is 19.8. The number of fused-ring (bicyclic) bond motifs is 1. The summed E-state index contributed by atoms with van der Waals surface area (Å²) < 4.78 is 43.2. The maximum absolute atomic E-state index is 13.3. The van der Waals surface area contributed by atoms with Gasteiger partial charge >= 0.3 is 11.6 Å². The van der Waals surface area contributed by atoms with Crippen molar-refractivity contribution >= 4 is 27.0 Å². The molecule has 34 heavy (non-hydrogen) atoms. The summed E-state index contributed by atoms with van der Waals surface area (Å²) in [5.74, 6) is -0.309. The number of methoxy groups -OCH3 is 1. The van der Waals surface area contributed by atoms with Crippen molar-refractivity contribution in [2.24, 2.45) is 0 Å². The molecule has 4 rings (SSSR count). The van der Waals surface area contributed by atoms with Gasteiger partial charge in [-0.15, -0.1) is 0 Å². The number of nitrogens with zero attached hydrogens (tertiary/aromatic N) is 1. The molecule has 2 atom stereocenters. The van der Waals surface area contributed by atoms with Gasteiger partial charge in [0.15, 0.2) is 0 Å². The molecule has 1 saturated heterocycles. The number of hydrogen-bond donors (Lipinski definition) is 1. The number of aliphatic hydroxyl groups is 1. The van der Waals surface area contributed by atoms with Crippen LogP contribution in [0.25, 0.3) is 11.0 Å². The molecule has 0 saturated carbocycles. The molecule has 9 nitrogen and oxygen atoms in total. The van der Waals surface area contributed by atoms with Crippen LogP contribution in [0.3, 0.4) is 0 Å². The van der Waals surface area contributed by atoms with E-state index in [4.69, 9.17) is 13.9 Å². The molecule has 0 bridgehead atoms. The molecule has 0 amide bonds. The van der Waals surface area contributed by atoms with Crippen LogP contribution in [0.4, 0.5) is 0 Å². The quantitative estimate of drug-likeness (QED) is 0.415. The summed E-state index contributed by atoms with van der Waals surface area (Å²) in [5.41, 5.74) is 1.79. The summed E-state index contributed by atoms with van der Waals surface area (Å²) in [5, 5.41) is 10.7. The normalized spacial score (nSPS) is 18.8. The number of ether oxygens (including phenoxy) is 2. The highest BCUT2D eigenvalue weighted by Crippen LogP contribution is 2.29. The van der Waals surface area contributed by atoms with Gasteiger partial charge in [-0.2, -0.15) is 4.31 Å². The van der Waals surface area contributed by atoms with Crippen LogP contribution in [0.15, 0.2) is 56.6 Å². The van der Waals surface area contributed by atoms with Crippen LogP contribution in [0.1, 0.15) is 23.1 Å². The van der Waals surface area contributed by atoms with E-state index < -0.39 is 33.8 Å². The van der Waals surface area contributed by atoms with Crippen molar-refractivity contribution in [3.8, 4) is 5.75 Å². The van der Waals surface area contributed by atoms with E-state index in [0.29, 0.717) is 16.7 Å². The standard InChI is InChI=1S/C24H25NO8S/c1-14-4-6-19(8-15(14)2)34(29,30)25-12-17(26)10-21(25)24(28)32-13-16-9-23(27)33-22-11-18(31-3)5-7-20(16)22/h4-9,11,17,21,26H,10,12-13H2,1-3H3. The maximum Gasteiger partial charge on any atom is 0.336 e. The summed E-state index contributed by atoms with van der Waals surface area (Å²) in [4.78, 5) is 24.9. The molecule has 1 aliphatic rings. The van der Waals surface area contributed by atoms with Crippen LogP contribution in [0.5, 0.6) is 5.75 Å². The van der Waals surface area contributed by atoms with E-state index in [0.717, 1.165) is 15.4 Å². The van der Waals surface area contributed by atoms with Gasteiger partial charge in [0.2, 0.25) is 10.0 Å². The van der Waals surface area contributed by atoms with E-state index >= 15 is 0 Å². The highest BCUT2D eigenvalue weighted by atomic mass is 32.2. The fourth-order valence-electron chi connectivity index (χ4n) is 3.98. The Bertz CT molecular complexity index is 1410. The summed E-state index contributed by atoms with van der Waals surface area (Å²) >= 11 is 0. The number of aryl methyl sites for hydroxylation is 2. The van der Waals surface area contributed by atoms with Gasteiger partial charge in [0.05, 0.1) is 18.1 Å². The Labute approximate surface area is 196 Å². The third-order valence-electron chi connectivity index (χ3n) is 6.00. The number of hydrogen-bond acceptors (Lipinski definition) is 8. The summed E-state index contributed by atoms with van der Waals surface area (Å²) in [6, 6.07) is 9.66. The number of carbonyl (C=O) groups excluding carboxylic acids is 1. The third-order valence-corrected chi connectivity index (χ3v) is 7.87. The van der Waals surface area contributed by atoms with Crippen molar-refractivity contribution in [1.29, 1.82) is 0 Å². The average Bonchev–Trinajstić information content (AvgIpc) is 3.21. The van der Waals surface area contributed by atoms with Crippen LogP contribution in [-0.4, -0.2) is 49.6 Å². The summed E-state index contributed by atoms with van der Waals surface area (Å²) in [7, 11) is -2.56. The molecule has 2 heterocycles. The largest absolute Gasteiger partial charge is 0.497 e. The van der Waals surface area contributed by atoms with Gasteiger partial charge in [-0.1, -0.05) is 6.07 Å². The molecule has 2 aromatic carbocycles. The minimum Gasteiger partial charge on any atom is -0.497 e. The molecule has 1 aliphatic heterocycles. The maximum atomic E-state index is 13.3. The lowest BCUT2D eigenvalue weighted by Crippen LogP contribution is -2.41. The predicted molar refractivity (Wildman–Crippen MR) is 123 cm³/mol. The molecular formula is C24H25NO8S. The van der Waals surface area contributed by atoms with Gasteiger partial charge < -0.3 is 19.0 Å². The van der Waals surface area contributed by atoms with Crippen LogP contribution in [-0.2, 0) is 26.2 Å². The lowest BCUT2D eigenvalue weighted by molar-refractivity contribution is -0.148. The van der Waals surface area contributed by atoms with Crippen molar-refractivity contribution in [1.82, 2.24) is 4.31 Å². The Hall–Kier alpha value is -3.21. The monoisotopic (exact) mass is 487 g/mol. The Balaban J connectivity index is 1.58. The molecule has 180 valence electrons. The Morgan fingerprint density at radius 3 is 2.62 bits per heavy atom. The average molecular weight is 488 g/mol. The lowest BCUT2D eigenvalue weighted by Gasteiger charge is -2.23. The van der Waals surface area contributed by atoms with Gasteiger partial charge in [-0.25, -0.2) is 13.2 Å². The molecule has 1 aromatic heterocycles. The topological polar surface area (TPSA) is 123 Å². The van der Waals surface area contributed by atoms with Crippen molar-refractivity contribution in [2.45, 2.75) is 43.9 Å². The van der Waals surface area contributed by atoms with Gasteiger partial charge in [0, 0.05) is 36.0 Å². The number of carbonyl (C=O) groups is 1. The second kappa shape index (κ2) is 9.21. The van der Waals surface area contributed by atoms with E-state index in [-0.39, 0.29) is 30.1 Å². The molecule has 0 spiro atoms. The zero-order valence-electron chi connectivity index (χ0n) is 19.0. The van der Waals surface area contributed by atoms with Gasteiger partial charge in [-0.3, -0.25) is 4.79 Å². The Kier molecular flexibility index (Phi) is 6.48. The van der Waals surface area contributed by atoms with Crippen LogP contribution in [0.2, 0.25) is 0 Å². The number of esters is 1. The molecule has 3 aromatic rings. The minimum atomic E-state index is -4.04. The second-order valence-corrected chi connectivity index (χ2v) is 10.2. The molecule has 2 unspecified atom stereocenters. The van der Waals surface area contributed by atoms with E-state index in [1.54, 1.807) is 37.3 Å². The third kappa shape index (κ3) is 4.56. The molecule has 10 heteroatoms. The first-order valence-electron chi connectivity index (χ1n) is 10.6. The van der Waals surface area contributed by atoms with Gasteiger partial charge in [0.1, 0.15) is 24.0 Å². The second-order valence-electron chi connectivity index (χ2n) is 8.29. The van der Waals surface area contributed by atoms with Crippen LogP contribution < -0.4 is 10.4 Å². The van der Waals surface area contributed by atoms with E-state index in [2.05, 4.69) is 0 Å². The minimum absolute atomic E-state index is 0.0445. The predicted octanol–water partition coefficient (Wildman–Crippen LogP) is 2.29. The Morgan fingerprint density at radius 1 is 1.15 bits per heavy atom. The van der Waals surface area contributed by atoms with Crippen LogP contribution >= 0.6 is 0 Å². The molecule has 0 radical (unpaired) electrons. The molecule has 0 aliphatic carbocycles. The molecule has 1 fully saturated rings. The van der Waals surface area contributed by atoms with E-state index in [1.807, 2.05) is 6.92 Å². The number of rotatable bonds is 6. The fourth-order valence-corrected chi connectivity index (χ4v) is 5.69. The van der Waals surface area contributed by atoms with E-state index in [1.165, 1.54) is 19.2 Å².